The van der Waals surface area contributed by atoms with Crippen LogP contribution in [0.25, 0.3) is 11.3 Å². The van der Waals surface area contributed by atoms with Gasteiger partial charge in [-0.3, -0.25) is 14.5 Å². The average Bonchev–Trinajstić information content (AvgIpc) is 3.83. The number of sulfonamides is 1. The summed E-state index contributed by atoms with van der Waals surface area (Å²) >= 11 is 0. The minimum atomic E-state index is -3.43. The monoisotopic (exact) mass is 519 g/mol. The van der Waals surface area contributed by atoms with Crippen molar-refractivity contribution >= 4 is 27.4 Å². The number of pyridine rings is 1. The van der Waals surface area contributed by atoms with E-state index in [4.69, 9.17) is 4.74 Å². The first-order valence-electron chi connectivity index (χ1n) is 12.7. The van der Waals surface area contributed by atoms with Crippen molar-refractivity contribution in [3.63, 3.8) is 0 Å². The van der Waals surface area contributed by atoms with Gasteiger partial charge in [-0.25, -0.2) is 18.4 Å². The van der Waals surface area contributed by atoms with Gasteiger partial charge in [-0.05, 0) is 80.7 Å². The van der Waals surface area contributed by atoms with Gasteiger partial charge in [0, 0.05) is 17.4 Å². The van der Waals surface area contributed by atoms with Crippen LogP contribution < -0.4 is 14.8 Å². The number of carbonyl (C=O) groups is 1. The number of nitrogens with zero attached hydrogens (tertiary/aromatic N) is 3. The molecule has 0 radical (unpaired) electrons. The van der Waals surface area contributed by atoms with Crippen LogP contribution >= 0.6 is 0 Å². The standard InChI is InChI=1S/C27H29N5O4S/c1-2-36-25-16-28-15-23(31-25)17-3-5-21(6-4-17)30-26(33)27(13-18-11-19(18)14-27)20-9-10-29-24(12-20)32-37(34,35)22-7-8-22/h3-6,9-10,12,15-16,18-19,22H,2,7-8,11,13-14H2,1H3,(H,29,32)(H,30,33). The average molecular weight is 520 g/mol. The molecule has 0 aliphatic heterocycles. The van der Waals surface area contributed by atoms with E-state index in [0.29, 0.717) is 48.5 Å². The Labute approximate surface area is 216 Å². The van der Waals surface area contributed by atoms with Gasteiger partial charge in [-0.1, -0.05) is 12.1 Å². The van der Waals surface area contributed by atoms with E-state index in [1.807, 2.05) is 37.3 Å². The lowest BCUT2D eigenvalue weighted by molar-refractivity contribution is -0.121. The van der Waals surface area contributed by atoms with E-state index in [9.17, 15) is 13.2 Å². The number of rotatable bonds is 9. The molecule has 3 aromatic rings. The zero-order chi connectivity index (χ0) is 25.6. The second kappa shape index (κ2) is 9.09. The molecule has 3 saturated carbocycles. The zero-order valence-corrected chi connectivity index (χ0v) is 21.4. The Hall–Kier alpha value is -3.53. The summed E-state index contributed by atoms with van der Waals surface area (Å²) in [5.74, 6) is 1.73. The van der Waals surface area contributed by atoms with Crippen molar-refractivity contribution < 1.29 is 17.9 Å². The number of amides is 1. The predicted octanol–water partition coefficient (Wildman–Crippen LogP) is 4.15. The predicted molar refractivity (Wildman–Crippen MR) is 140 cm³/mol. The molecule has 37 heavy (non-hydrogen) atoms. The first kappa shape index (κ1) is 23.8. The second-order valence-corrected chi connectivity index (χ2v) is 12.2. The van der Waals surface area contributed by atoms with Crippen LogP contribution in [0.2, 0.25) is 0 Å². The third kappa shape index (κ3) is 4.77. The molecule has 3 aliphatic carbocycles. The number of carbonyl (C=O) groups excluding carboxylic acids is 1. The van der Waals surface area contributed by atoms with E-state index in [0.717, 1.165) is 30.4 Å². The highest BCUT2D eigenvalue weighted by atomic mass is 32.2. The Balaban J connectivity index is 1.22. The molecule has 2 N–H and O–H groups in total. The van der Waals surface area contributed by atoms with Crippen molar-refractivity contribution in [3.05, 3.63) is 60.6 Å². The summed E-state index contributed by atoms with van der Waals surface area (Å²) in [6.07, 6.45) is 8.84. The van der Waals surface area contributed by atoms with Crippen molar-refractivity contribution in [1.29, 1.82) is 0 Å². The van der Waals surface area contributed by atoms with Crippen LogP contribution in [0.3, 0.4) is 0 Å². The molecule has 2 aromatic heterocycles. The number of benzene rings is 1. The van der Waals surface area contributed by atoms with Crippen LogP contribution in [0.15, 0.2) is 55.0 Å². The van der Waals surface area contributed by atoms with E-state index in [-0.39, 0.29) is 17.0 Å². The van der Waals surface area contributed by atoms with Crippen LogP contribution in [-0.4, -0.2) is 41.1 Å². The Morgan fingerprint density at radius 2 is 1.86 bits per heavy atom. The molecule has 9 nitrogen and oxygen atoms in total. The van der Waals surface area contributed by atoms with Gasteiger partial charge in [0.1, 0.15) is 5.82 Å². The number of fused-ring (bicyclic) bond motifs is 1. The van der Waals surface area contributed by atoms with Gasteiger partial charge in [0.2, 0.25) is 21.8 Å². The first-order chi connectivity index (χ1) is 17.9. The number of hydrogen-bond acceptors (Lipinski definition) is 7. The number of anilines is 2. The maximum absolute atomic E-state index is 13.8. The van der Waals surface area contributed by atoms with Crippen molar-refractivity contribution in [2.45, 2.75) is 49.7 Å². The lowest BCUT2D eigenvalue weighted by Gasteiger charge is -2.30. The van der Waals surface area contributed by atoms with E-state index in [1.165, 1.54) is 0 Å². The minimum Gasteiger partial charge on any atom is -0.477 e. The SMILES string of the molecule is CCOc1cncc(-c2ccc(NC(=O)C3(c4ccnc(NS(=O)(=O)C5CC5)c4)CC4CC4C3)cc2)n1. The molecule has 2 atom stereocenters. The number of aromatic nitrogens is 3. The summed E-state index contributed by atoms with van der Waals surface area (Å²) < 4.78 is 32.9. The zero-order valence-electron chi connectivity index (χ0n) is 20.6. The Morgan fingerprint density at radius 3 is 2.57 bits per heavy atom. The normalized spacial score (nSPS) is 24.2. The molecule has 1 aromatic carbocycles. The molecule has 10 heteroatoms. The van der Waals surface area contributed by atoms with Gasteiger partial charge in [0.15, 0.2) is 0 Å². The van der Waals surface area contributed by atoms with Crippen molar-refractivity contribution in [3.8, 4) is 17.1 Å². The van der Waals surface area contributed by atoms with Crippen molar-refractivity contribution in [1.82, 2.24) is 15.0 Å². The summed E-state index contributed by atoms with van der Waals surface area (Å²) in [6.45, 7) is 2.41. The van der Waals surface area contributed by atoms with Gasteiger partial charge in [0.25, 0.3) is 0 Å². The molecular weight excluding hydrogens is 490 g/mol. The summed E-state index contributed by atoms with van der Waals surface area (Å²) in [6, 6.07) is 11.1. The molecule has 0 saturated heterocycles. The fourth-order valence-electron chi connectivity index (χ4n) is 5.41. The molecule has 192 valence electrons. The van der Waals surface area contributed by atoms with Crippen molar-refractivity contribution in [2.24, 2.45) is 11.8 Å². The van der Waals surface area contributed by atoms with E-state index in [2.05, 4.69) is 25.0 Å². The highest BCUT2D eigenvalue weighted by Crippen LogP contribution is 2.61. The third-order valence-electron chi connectivity index (χ3n) is 7.59. The molecule has 2 unspecified atom stereocenters. The smallest absolute Gasteiger partial charge is 0.236 e. The van der Waals surface area contributed by atoms with E-state index < -0.39 is 15.4 Å². The Kier molecular flexibility index (Phi) is 5.86. The highest BCUT2D eigenvalue weighted by molar-refractivity contribution is 7.93. The molecule has 2 heterocycles. The summed E-state index contributed by atoms with van der Waals surface area (Å²) in [4.78, 5) is 26.7. The van der Waals surface area contributed by atoms with Gasteiger partial charge in [-0.15, -0.1) is 0 Å². The maximum Gasteiger partial charge on any atom is 0.236 e. The van der Waals surface area contributed by atoms with Crippen LogP contribution in [0.4, 0.5) is 11.5 Å². The molecular formula is C27H29N5O4S. The molecule has 3 aliphatic rings. The quantitative estimate of drug-likeness (QED) is 0.435. The fourth-order valence-corrected chi connectivity index (χ4v) is 6.74. The highest BCUT2D eigenvalue weighted by Gasteiger charge is 2.58. The van der Waals surface area contributed by atoms with Gasteiger partial charge in [0.05, 0.1) is 35.4 Å². The Bertz CT molecular complexity index is 1430. The van der Waals surface area contributed by atoms with E-state index in [1.54, 1.807) is 24.7 Å². The number of hydrogen-bond donors (Lipinski definition) is 2. The maximum atomic E-state index is 13.8. The largest absolute Gasteiger partial charge is 0.477 e. The molecule has 1 amide bonds. The summed E-state index contributed by atoms with van der Waals surface area (Å²) in [5, 5.41) is 2.77. The van der Waals surface area contributed by atoms with Crippen LogP contribution in [0.1, 0.15) is 44.6 Å². The van der Waals surface area contributed by atoms with Gasteiger partial charge in [-0.2, -0.15) is 0 Å². The second-order valence-electron chi connectivity index (χ2n) is 10.2. The first-order valence-corrected chi connectivity index (χ1v) is 14.3. The third-order valence-corrected chi connectivity index (χ3v) is 9.43. The molecule has 3 fully saturated rings. The lowest BCUT2D eigenvalue weighted by Crippen LogP contribution is -2.39. The topological polar surface area (TPSA) is 123 Å². The van der Waals surface area contributed by atoms with Crippen LogP contribution in [-0.2, 0) is 20.2 Å². The number of nitrogens with one attached hydrogen (secondary N) is 2. The number of ether oxygens (including phenoxy) is 1. The Morgan fingerprint density at radius 1 is 1.11 bits per heavy atom. The minimum absolute atomic E-state index is 0.0761. The van der Waals surface area contributed by atoms with Crippen LogP contribution in [0.5, 0.6) is 5.88 Å². The fraction of sp³-hybridized carbons (Fsp3) is 0.407. The van der Waals surface area contributed by atoms with Crippen molar-refractivity contribution in [2.75, 3.05) is 16.6 Å². The lowest BCUT2D eigenvalue weighted by atomic mass is 9.75. The summed E-state index contributed by atoms with van der Waals surface area (Å²) in [5.41, 5.74) is 2.33. The summed E-state index contributed by atoms with van der Waals surface area (Å²) in [7, 11) is -3.43. The molecule has 0 bridgehead atoms. The van der Waals surface area contributed by atoms with Gasteiger partial charge >= 0.3 is 0 Å². The molecule has 0 spiro atoms. The van der Waals surface area contributed by atoms with Gasteiger partial charge < -0.3 is 10.1 Å². The molecule has 6 rings (SSSR count). The van der Waals surface area contributed by atoms with Crippen LogP contribution in [0, 0.1) is 11.8 Å². The van der Waals surface area contributed by atoms with E-state index >= 15 is 0 Å².